The number of benzene rings is 2. The molecule has 0 aliphatic heterocycles. The van der Waals surface area contributed by atoms with Crippen LogP contribution in [-0.4, -0.2) is 12.3 Å². The predicted octanol–water partition coefficient (Wildman–Crippen LogP) is 2.43. The first-order valence-electron chi connectivity index (χ1n) is 5.38. The third-order valence-electron chi connectivity index (χ3n) is 2.30. The molecule has 0 saturated carbocycles. The van der Waals surface area contributed by atoms with Crippen molar-refractivity contribution < 1.29 is 14.3 Å². The molecule has 2 aromatic rings. The maximum atomic E-state index is 9.64. The van der Waals surface area contributed by atoms with Gasteiger partial charge in [-0.05, 0) is 30.7 Å². The largest absolute Gasteiger partial charge is 0.785 e. The Labute approximate surface area is 101 Å². The zero-order valence-electron chi connectivity index (χ0n) is 9.54. The molecule has 0 heterocycles. The van der Waals surface area contributed by atoms with Gasteiger partial charge in [0.05, 0.1) is 0 Å². The lowest BCUT2D eigenvalue weighted by molar-refractivity contribution is 0.297. The van der Waals surface area contributed by atoms with Gasteiger partial charge in [0, 0.05) is 0 Å². The summed E-state index contributed by atoms with van der Waals surface area (Å²) >= 11 is 0. The molecule has 0 bridgehead atoms. The topological polar surface area (TPSA) is 38.7 Å². The van der Waals surface area contributed by atoms with E-state index in [1.807, 2.05) is 43.3 Å². The van der Waals surface area contributed by atoms with Gasteiger partial charge >= 0.3 is 7.32 Å². The van der Waals surface area contributed by atoms with Crippen LogP contribution < -0.4 is 9.31 Å². The Kier molecular flexibility index (Phi) is 3.68. The van der Waals surface area contributed by atoms with Crippen LogP contribution in [0.15, 0.2) is 54.6 Å². The number of aryl methyl sites for hydroxylation is 1. The van der Waals surface area contributed by atoms with E-state index in [4.69, 9.17) is 9.31 Å². The van der Waals surface area contributed by atoms with Crippen molar-refractivity contribution in [2.24, 2.45) is 0 Å². The first-order valence-corrected chi connectivity index (χ1v) is 5.38. The lowest BCUT2D eigenvalue weighted by Gasteiger charge is -2.12. The van der Waals surface area contributed by atoms with Crippen LogP contribution in [0.5, 0.6) is 11.5 Å². The molecule has 3 nitrogen and oxygen atoms in total. The van der Waals surface area contributed by atoms with E-state index < -0.39 is 7.32 Å². The van der Waals surface area contributed by atoms with Gasteiger partial charge in [-0.1, -0.05) is 36.4 Å². The first-order chi connectivity index (χ1) is 8.25. The quantitative estimate of drug-likeness (QED) is 0.816. The molecular formula is C13H13BO3. The van der Waals surface area contributed by atoms with E-state index in [9.17, 15) is 5.02 Å². The predicted molar refractivity (Wildman–Crippen MR) is 66.8 cm³/mol. The number of rotatable bonds is 4. The molecule has 0 atom stereocenters. The van der Waals surface area contributed by atoms with Crippen molar-refractivity contribution in [3.8, 4) is 11.5 Å². The molecule has 4 heteroatoms. The lowest BCUT2D eigenvalue weighted by Crippen LogP contribution is -2.29. The van der Waals surface area contributed by atoms with E-state index in [0.717, 1.165) is 5.56 Å². The monoisotopic (exact) mass is 228 g/mol. The molecule has 1 N–H and O–H groups in total. The molecule has 0 fully saturated rings. The van der Waals surface area contributed by atoms with E-state index >= 15 is 0 Å². The van der Waals surface area contributed by atoms with Crippen LogP contribution in [0.4, 0.5) is 0 Å². The molecule has 86 valence electrons. The van der Waals surface area contributed by atoms with Gasteiger partial charge < -0.3 is 14.3 Å². The molecule has 2 aromatic carbocycles. The molecule has 0 amide bonds. The van der Waals surface area contributed by atoms with Gasteiger partial charge in [0.1, 0.15) is 11.5 Å². The second kappa shape index (κ2) is 5.41. The summed E-state index contributed by atoms with van der Waals surface area (Å²) in [6.07, 6.45) is 0. The second-order valence-corrected chi connectivity index (χ2v) is 3.62. The fraction of sp³-hybridized carbons (Fsp3) is 0.0769. The van der Waals surface area contributed by atoms with Crippen molar-refractivity contribution in [2.45, 2.75) is 6.92 Å². The van der Waals surface area contributed by atoms with Gasteiger partial charge in [0.15, 0.2) is 0 Å². The smallest absolute Gasteiger partial charge is 0.501 e. The Balaban J connectivity index is 1.98. The SMILES string of the molecule is Cc1ccccc1OB(O)Oc1ccccc1. The van der Waals surface area contributed by atoms with Crippen LogP contribution in [0.25, 0.3) is 0 Å². The summed E-state index contributed by atoms with van der Waals surface area (Å²) in [6.45, 7) is 1.91. The normalized spacial score (nSPS) is 9.76. The highest BCUT2D eigenvalue weighted by Gasteiger charge is 2.21. The van der Waals surface area contributed by atoms with Crippen molar-refractivity contribution in [1.29, 1.82) is 0 Å². The lowest BCUT2D eigenvalue weighted by atomic mass is 10.2. The van der Waals surface area contributed by atoms with Crippen LogP contribution in [0.3, 0.4) is 0 Å². The Morgan fingerprint density at radius 3 is 2.24 bits per heavy atom. The van der Waals surface area contributed by atoms with Crippen LogP contribution in [-0.2, 0) is 0 Å². The Morgan fingerprint density at radius 2 is 1.53 bits per heavy atom. The molecular weight excluding hydrogens is 215 g/mol. The minimum Gasteiger partial charge on any atom is -0.501 e. The summed E-state index contributed by atoms with van der Waals surface area (Å²) in [6, 6.07) is 16.5. The van der Waals surface area contributed by atoms with Crippen molar-refractivity contribution in [3.63, 3.8) is 0 Å². The standard InChI is InChI=1S/C13H13BO3/c1-11-7-5-6-10-13(11)17-14(15)16-12-8-3-2-4-9-12/h2-10,15H,1H3. The van der Waals surface area contributed by atoms with Crippen molar-refractivity contribution >= 4 is 7.32 Å². The fourth-order valence-corrected chi connectivity index (χ4v) is 1.44. The Hall–Kier alpha value is -1.94. The molecule has 2 rings (SSSR count). The molecule has 0 spiro atoms. The second-order valence-electron chi connectivity index (χ2n) is 3.62. The number of para-hydroxylation sites is 2. The van der Waals surface area contributed by atoms with E-state index in [2.05, 4.69) is 0 Å². The number of hydrogen-bond acceptors (Lipinski definition) is 3. The van der Waals surface area contributed by atoms with E-state index in [1.165, 1.54) is 0 Å². The summed E-state index contributed by atoms with van der Waals surface area (Å²) in [7, 11) is -1.31. The minimum absolute atomic E-state index is 0.564. The Morgan fingerprint density at radius 1 is 0.882 bits per heavy atom. The number of hydrogen-bond donors (Lipinski definition) is 1. The third-order valence-corrected chi connectivity index (χ3v) is 2.30. The van der Waals surface area contributed by atoms with Gasteiger partial charge in [-0.25, -0.2) is 0 Å². The minimum atomic E-state index is -1.31. The van der Waals surface area contributed by atoms with Crippen molar-refractivity contribution in [2.75, 3.05) is 0 Å². The molecule has 0 aliphatic carbocycles. The van der Waals surface area contributed by atoms with E-state index in [0.29, 0.717) is 11.5 Å². The zero-order chi connectivity index (χ0) is 12.1. The molecule has 17 heavy (non-hydrogen) atoms. The summed E-state index contributed by atoms with van der Waals surface area (Å²) in [5, 5.41) is 9.64. The maximum Gasteiger partial charge on any atom is 0.785 e. The average molecular weight is 228 g/mol. The molecule has 0 unspecified atom stereocenters. The van der Waals surface area contributed by atoms with Crippen molar-refractivity contribution in [1.82, 2.24) is 0 Å². The van der Waals surface area contributed by atoms with Gasteiger partial charge in [-0.15, -0.1) is 0 Å². The van der Waals surface area contributed by atoms with E-state index in [1.54, 1.807) is 18.2 Å². The van der Waals surface area contributed by atoms with Crippen LogP contribution in [0, 0.1) is 6.92 Å². The summed E-state index contributed by atoms with van der Waals surface area (Å²) in [4.78, 5) is 0. The van der Waals surface area contributed by atoms with E-state index in [-0.39, 0.29) is 0 Å². The van der Waals surface area contributed by atoms with Crippen LogP contribution in [0.2, 0.25) is 0 Å². The molecule has 0 saturated heterocycles. The molecule has 0 aliphatic rings. The summed E-state index contributed by atoms with van der Waals surface area (Å²) in [5.74, 6) is 1.17. The van der Waals surface area contributed by atoms with Crippen molar-refractivity contribution in [3.05, 3.63) is 60.2 Å². The third kappa shape index (κ3) is 3.26. The zero-order valence-corrected chi connectivity index (χ0v) is 9.54. The van der Waals surface area contributed by atoms with Gasteiger partial charge in [-0.2, -0.15) is 0 Å². The highest BCUT2D eigenvalue weighted by atomic mass is 16.7. The molecule has 0 aromatic heterocycles. The van der Waals surface area contributed by atoms with Gasteiger partial charge in [0.25, 0.3) is 0 Å². The Bertz CT molecular complexity index is 473. The summed E-state index contributed by atoms with van der Waals surface area (Å²) < 4.78 is 10.5. The first kappa shape index (κ1) is 11.5. The summed E-state index contributed by atoms with van der Waals surface area (Å²) in [5.41, 5.74) is 0.947. The fourth-order valence-electron chi connectivity index (χ4n) is 1.44. The highest BCUT2D eigenvalue weighted by Crippen LogP contribution is 2.17. The maximum absolute atomic E-state index is 9.64. The van der Waals surface area contributed by atoms with Crippen LogP contribution in [0.1, 0.15) is 5.56 Å². The van der Waals surface area contributed by atoms with Crippen LogP contribution >= 0.6 is 0 Å². The highest BCUT2D eigenvalue weighted by molar-refractivity contribution is 6.36. The molecule has 0 radical (unpaired) electrons. The van der Waals surface area contributed by atoms with Gasteiger partial charge in [0.2, 0.25) is 0 Å². The van der Waals surface area contributed by atoms with Gasteiger partial charge in [-0.3, -0.25) is 0 Å². The average Bonchev–Trinajstić information content (AvgIpc) is 2.33.